The number of rotatable bonds is 5. The summed E-state index contributed by atoms with van der Waals surface area (Å²) in [5, 5.41) is 10.4. The molecule has 3 rings (SSSR count). The summed E-state index contributed by atoms with van der Waals surface area (Å²) in [6, 6.07) is 10.9. The maximum atomic E-state index is 10.4. The lowest BCUT2D eigenvalue weighted by atomic mass is 10.1. The van der Waals surface area contributed by atoms with Gasteiger partial charge in [0.2, 0.25) is 6.79 Å². The minimum absolute atomic E-state index is 0.242. The Morgan fingerprint density at radius 1 is 1.04 bits per heavy atom. The molecule has 0 radical (unpaired) electrons. The summed E-state index contributed by atoms with van der Waals surface area (Å²) in [7, 11) is 3.15. The molecule has 1 N–H and O–H groups in total. The molecule has 5 heteroatoms. The Balaban J connectivity index is 1.82. The van der Waals surface area contributed by atoms with Crippen molar-refractivity contribution in [2.45, 2.75) is 6.10 Å². The Hall–Kier alpha value is -2.66. The lowest BCUT2D eigenvalue weighted by molar-refractivity contribution is 0.174. The number of benzene rings is 2. The fourth-order valence-electron chi connectivity index (χ4n) is 2.39. The Bertz CT molecular complexity index is 723. The minimum Gasteiger partial charge on any atom is -0.497 e. The first-order chi connectivity index (χ1) is 11.2. The number of hydrogen-bond donors (Lipinski definition) is 1. The normalized spacial score (nSPS) is 14.0. The first kappa shape index (κ1) is 15.2. The van der Waals surface area contributed by atoms with Crippen LogP contribution in [0.25, 0.3) is 6.08 Å². The fraction of sp³-hybridized carbons (Fsp3) is 0.222. The molecule has 1 unspecified atom stereocenters. The van der Waals surface area contributed by atoms with Crippen LogP contribution in [0.3, 0.4) is 0 Å². The van der Waals surface area contributed by atoms with Gasteiger partial charge in [-0.1, -0.05) is 18.2 Å². The Morgan fingerprint density at radius 2 is 1.87 bits per heavy atom. The number of fused-ring (bicyclic) bond motifs is 1. The van der Waals surface area contributed by atoms with Gasteiger partial charge in [-0.25, -0.2) is 0 Å². The molecule has 0 amide bonds. The van der Waals surface area contributed by atoms with E-state index in [0.717, 1.165) is 11.3 Å². The van der Waals surface area contributed by atoms with Crippen molar-refractivity contribution in [3.05, 3.63) is 53.6 Å². The van der Waals surface area contributed by atoms with Gasteiger partial charge < -0.3 is 24.1 Å². The maximum absolute atomic E-state index is 10.4. The maximum Gasteiger partial charge on any atom is 0.231 e. The van der Waals surface area contributed by atoms with Gasteiger partial charge in [0.1, 0.15) is 17.6 Å². The van der Waals surface area contributed by atoms with Crippen molar-refractivity contribution in [2.75, 3.05) is 21.0 Å². The first-order valence-electron chi connectivity index (χ1n) is 7.19. The molecule has 120 valence electrons. The third-order valence-corrected chi connectivity index (χ3v) is 3.62. The number of methoxy groups -OCH3 is 2. The summed E-state index contributed by atoms with van der Waals surface area (Å²) in [5.41, 5.74) is 1.55. The Labute approximate surface area is 134 Å². The van der Waals surface area contributed by atoms with Gasteiger partial charge in [-0.15, -0.1) is 0 Å². The largest absolute Gasteiger partial charge is 0.497 e. The van der Waals surface area contributed by atoms with Crippen LogP contribution in [0.1, 0.15) is 17.2 Å². The van der Waals surface area contributed by atoms with Crippen LogP contribution in [0.2, 0.25) is 0 Å². The molecule has 2 aromatic carbocycles. The lowest BCUT2D eigenvalue weighted by Crippen LogP contribution is -1.98. The molecule has 0 saturated carbocycles. The van der Waals surface area contributed by atoms with Gasteiger partial charge in [0.15, 0.2) is 11.5 Å². The Morgan fingerprint density at radius 3 is 2.65 bits per heavy atom. The highest BCUT2D eigenvalue weighted by molar-refractivity contribution is 5.57. The zero-order valence-corrected chi connectivity index (χ0v) is 13.0. The summed E-state index contributed by atoms with van der Waals surface area (Å²) in [6.07, 6.45) is 2.70. The molecule has 2 aromatic rings. The topological polar surface area (TPSA) is 57.2 Å². The van der Waals surface area contributed by atoms with E-state index in [1.54, 1.807) is 38.5 Å². The van der Waals surface area contributed by atoms with Crippen LogP contribution in [-0.4, -0.2) is 26.1 Å². The van der Waals surface area contributed by atoms with Crippen molar-refractivity contribution in [1.29, 1.82) is 0 Å². The van der Waals surface area contributed by atoms with Crippen molar-refractivity contribution in [2.24, 2.45) is 0 Å². The second kappa shape index (κ2) is 6.62. The van der Waals surface area contributed by atoms with Crippen molar-refractivity contribution < 1.29 is 24.1 Å². The van der Waals surface area contributed by atoms with E-state index in [0.29, 0.717) is 22.8 Å². The van der Waals surface area contributed by atoms with Crippen LogP contribution in [-0.2, 0) is 0 Å². The van der Waals surface area contributed by atoms with Crippen molar-refractivity contribution in [3.63, 3.8) is 0 Å². The second-order valence-electron chi connectivity index (χ2n) is 5.02. The fourth-order valence-corrected chi connectivity index (χ4v) is 2.39. The van der Waals surface area contributed by atoms with E-state index in [2.05, 4.69) is 0 Å². The van der Waals surface area contributed by atoms with Gasteiger partial charge in [-0.3, -0.25) is 0 Å². The molecule has 0 fully saturated rings. The lowest BCUT2D eigenvalue weighted by Gasteiger charge is -2.13. The average molecular weight is 314 g/mol. The van der Waals surface area contributed by atoms with Crippen LogP contribution in [0.4, 0.5) is 0 Å². The van der Waals surface area contributed by atoms with Crippen molar-refractivity contribution in [1.82, 2.24) is 0 Å². The molecular formula is C18H18O5. The van der Waals surface area contributed by atoms with Gasteiger partial charge in [0.05, 0.1) is 14.2 Å². The van der Waals surface area contributed by atoms with E-state index in [4.69, 9.17) is 18.9 Å². The van der Waals surface area contributed by atoms with E-state index in [1.165, 1.54) is 0 Å². The molecule has 0 bridgehead atoms. The summed E-state index contributed by atoms with van der Waals surface area (Å²) >= 11 is 0. The highest BCUT2D eigenvalue weighted by Gasteiger charge is 2.14. The van der Waals surface area contributed by atoms with Crippen LogP contribution in [0, 0.1) is 0 Å². The van der Waals surface area contributed by atoms with E-state index in [-0.39, 0.29) is 6.79 Å². The van der Waals surface area contributed by atoms with Gasteiger partial charge >= 0.3 is 0 Å². The standard InChI is InChI=1S/C18H18O5/c1-20-13-5-8-16(21-2)14(10-13)15(19)6-3-12-4-7-17-18(9-12)23-11-22-17/h3-10,15,19H,11H2,1-2H3/b6-3+. The average Bonchev–Trinajstić information content (AvgIpc) is 3.06. The SMILES string of the molecule is COc1ccc(OC)c(C(O)/C=C/c2ccc3c(c2)OCO3)c1. The predicted molar refractivity (Wildman–Crippen MR) is 86.1 cm³/mol. The first-order valence-corrected chi connectivity index (χ1v) is 7.19. The van der Waals surface area contributed by atoms with Crippen LogP contribution < -0.4 is 18.9 Å². The number of aliphatic hydroxyl groups excluding tert-OH is 1. The van der Waals surface area contributed by atoms with Gasteiger partial charge in [-0.2, -0.15) is 0 Å². The Kier molecular flexibility index (Phi) is 4.39. The molecular weight excluding hydrogens is 296 g/mol. The molecule has 1 atom stereocenters. The van der Waals surface area contributed by atoms with Crippen LogP contribution >= 0.6 is 0 Å². The van der Waals surface area contributed by atoms with E-state index >= 15 is 0 Å². The van der Waals surface area contributed by atoms with Gasteiger partial charge in [0, 0.05) is 5.56 Å². The van der Waals surface area contributed by atoms with Gasteiger partial charge in [-0.05, 0) is 35.9 Å². The third kappa shape index (κ3) is 3.24. The minimum atomic E-state index is -0.814. The monoisotopic (exact) mass is 314 g/mol. The number of ether oxygens (including phenoxy) is 4. The van der Waals surface area contributed by atoms with Crippen LogP contribution in [0.15, 0.2) is 42.5 Å². The highest BCUT2D eigenvalue weighted by Crippen LogP contribution is 2.34. The molecule has 23 heavy (non-hydrogen) atoms. The van der Waals surface area contributed by atoms with Gasteiger partial charge in [0.25, 0.3) is 0 Å². The molecule has 1 heterocycles. The molecule has 1 aliphatic rings. The van der Waals surface area contributed by atoms with E-state index in [1.807, 2.05) is 24.3 Å². The third-order valence-electron chi connectivity index (χ3n) is 3.62. The smallest absolute Gasteiger partial charge is 0.231 e. The summed E-state index contributed by atoms with van der Waals surface area (Å²) < 4.78 is 21.1. The molecule has 5 nitrogen and oxygen atoms in total. The zero-order valence-electron chi connectivity index (χ0n) is 13.0. The second-order valence-corrected chi connectivity index (χ2v) is 5.02. The summed E-state index contributed by atoms with van der Waals surface area (Å²) in [6.45, 7) is 0.242. The molecule has 0 saturated heterocycles. The molecule has 0 aromatic heterocycles. The summed E-state index contributed by atoms with van der Waals surface area (Å²) in [4.78, 5) is 0. The molecule has 0 aliphatic carbocycles. The van der Waals surface area contributed by atoms with Crippen LogP contribution in [0.5, 0.6) is 23.0 Å². The number of hydrogen-bond acceptors (Lipinski definition) is 5. The highest BCUT2D eigenvalue weighted by atomic mass is 16.7. The molecule has 0 spiro atoms. The number of aliphatic hydroxyl groups is 1. The quantitative estimate of drug-likeness (QED) is 0.918. The van der Waals surface area contributed by atoms with Crippen molar-refractivity contribution in [3.8, 4) is 23.0 Å². The predicted octanol–water partition coefficient (Wildman–Crippen LogP) is 3.18. The molecule has 1 aliphatic heterocycles. The van der Waals surface area contributed by atoms with E-state index in [9.17, 15) is 5.11 Å². The van der Waals surface area contributed by atoms with E-state index < -0.39 is 6.10 Å². The van der Waals surface area contributed by atoms with Crippen molar-refractivity contribution >= 4 is 6.08 Å². The zero-order chi connectivity index (χ0) is 16.2. The summed E-state index contributed by atoms with van der Waals surface area (Å²) in [5.74, 6) is 2.71.